The summed E-state index contributed by atoms with van der Waals surface area (Å²) < 4.78 is 5.54. The minimum Gasteiger partial charge on any atom is -0.488 e. The highest BCUT2D eigenvalue weighted by Crippen LogP contribution is 2.37. The Labute approximate surface area is 105 Å². The Kier molecular flexibility index (Phi) is 3.69. The molecule has 0 saturated heterocycles. The summed E-state index contributed by atoms with van der Waals surface area (Å²) in [5.41, 5.74) is 0.831. The van der Waals surface area contributed by atoms with E-state index in [1.807, 2.05) is 12.1 Å². The van der Waals surface area contributed by atoms with Crippen LogP contribution in [0.5, 0.6) is 5.75 Å². The molecule has 1 aliphatic carbocycles. The van der Waals surface area contributed by atoms with Gasteiger partial charge in [-0.1, -0.05) is 23.7 Å². The lowest BCUT2D eigenvalue weighted by Gasteiger charge is -2.09. The number of ether oxygens (including phenoxy) is 1. The van der Waals surface area contributed by atoms with Gasteiger partial charge in [-0.2, -0.15) is 0 Å². The average molecular weight is 253 g/mol. The van der Waals surface area contributed by atoms with Crippen molar-refractivity contribution in [3.63, 3.8) is 0 Å². The summed E-state index contributed by atoms with van der Waals surface area (Å²) in [6.07, 6.45) is 3.34. The van der Waals surface area contributed by atoms with E-state index in [4.69, 9.17) is 21.4 Å². The lowest BCUT2D eigenvalue weighted by atomic mass is 10.1. The fraction of sp³-hybridized carbons (Fsp3) is 0.308. The molecule has 0 aromatic heterocycles. The predicted octanol–water partition coefficient (Wildman–Crippen LogP) is 3.14. The minimum atomic E-state index is -0.922. The molecule has 0 radical (unpaired) electrons. The van der Waals surface area contributed by atoms with Crippen molar-refractivity contribution in [3.8, 4) is 5.75 Å². The fourth-order valence-electron chi connectivity index (χ4n) is 1.61. The smallest absolute Gasteiger partial charge is 0.328 e. The first-order valence-electron chi connectivity index (χ1n) is 5.47. The number of para-hydroxylation sites is 1. The molecule has 1 N–H and O–H groups in total. The van der Waals surface area contributed by atoms with Crippen molar-refractivity contribution in [1.82, 2.24) is 0 Å². The van der Waals surface area contributed by atoms with Crippen molar-refractivity contribution >= 4 is 17.6 Å². The van der Waals surface area contributed by atoms with Crippen molar-refractivity contribution in [2.45, 2.75) is 12.8 Å². The molecule has 0 aliphatic heterocycles. The molecule has 1 fully saturated rings. The third-order valence-electron chi connectivity index (χ3n) is 2.64. The molecule has 0 bridgehead atoms. The molecule has 1 aromatic rings. The van der Waals surface area contributed by atoms with Gasteiger partial charge in [0.25, 0.3) is 0 Å². The first-order valence-corrected chi connectivity index (χ1v) is 5.85. The third-order valence-corrected chi connectivity index (χ3v) is 2.95. The first-order chi connectivity index (χ1) is 8.16. The maximum Gasteiger partial charge on any atom is 0.328 e. The number of rotatable bonds is 5. The van der Waals surface area contributed by atoms with Gasteiger partial charge in [0.05, 0.1) is 5.02 Å². The molecule has 0 heterocycles. The molecule has 3 nitrogen and oxygen atoms in total. The zero-order valence-corrected chi connectivity index (χ0v) is 9.98. The van der Waals surface area contributed by atoms with Crippen LogP contribution in [0.25, 0.3) is 0 Å². The summed E-state index contributed by atoms with van der Waals surface area (Å²) in [5, 5.41) is 9.29. The average Bonchev–Trinajstić information content (AvgIpc) is 3.09. The van der Waals surface area contributed by atoms with Gasteiger partial charge in [-0.3, -0.25) is 0 Å². The van der Waals surface area contributed by atoms with E-state index in [2.05, 4.69) is 0 Å². The van der Waals surface area contributed by atoms with E-state index < -0.39 is 5.97 Å². The van der Waals surface area contributed by atoms with Gasteiger partial charge >= 0.3 is 5.97 Å². The van der Waals surface area contributed by atoms with E-state index >= 15 is 0 Å². The van der Waals surface area contributed by atoms with Crippen molar-refractivity contribution in [2.24, 2.45) is 5.92 Å². The van der Waals surface area contributed by atoms with Crippen LogP contribution in [0.1, 0.15) is 12.8 Å². The van der Waals surface area contributed by atoms with E-state index in [1.54, 1.807) is 12.1 Å². The van der Waals surface area contributed by atoms with Gasteiger partial charge < -0.3 is 9.84 Å². The highest BCUT2D eigenvalue weighted by Gasteiger charge is 2.27. The molecule has 2 rings (SSSR count). The molecule has 90 valence electrons. The standard InChI is InChI=1S/C13H13ClO3/c14-11-3-1-2-4-12(11)17-8-10(7-13(15)16)9-5-6-9/h1-4,7,9H,5-6,8H2,(H,15,16)/b10-7-. The normalized spacial score (nSPS) is 15.7. The molecule has 0 atom stereocenters. The molecule has 0 spiro atoms. The Morgan fingerprint density at radius 2 is 2.18 bits per heavy atom. The van der Waals surface area contributed by atoms with Crippen LogP contribution in [0.4, 0.5) is 0 Å². The number of carboxylic acid groups (broad SMARTS) is 1. The second-order valence-corrected chi connectivity index (χ2v) is 4.46. The zero-order valence-electron chi connectivity index (χ0n) is 9.23. The van der Waals surface area contributed by atoms with Gasteiger partial charge in [-0.25, -0.2) is 4.79 Å². The van der Waals surface area contributed by atoms with Gasteiger partial charge in [0, 0.05) is 6.08 Å². The molecule has 0 amide bonds. The summed E-state index contributed by atoms with van der Waals surface area (Å²) in [7, 11) is 0. The summed E-state index contributed by atoms with van der Waals surface area (Å²) in [6, 6.07) is 7.17. The molecule has 1 aromatic carbocycles. The quantitative estimate of drug-likeness (QED) is 0.819. The molecule has 17 heavy (non-hydrogen) atoms. The molecule has 4 heteroatoms. The van der Waals surface area contributed by atoms with Crippen LogP contribution in [0.3, 0.4) is 0 Å². The zero-order chi connectivity index (χ0) is 12.3. The Morgan fingerprint density at radius 3 is 2.76 bits per heavy atom. The van der Waals surface area contributed by atoms with Gasteiger partial charge in [0.1, 0.15) is 12.4 Å². The van der Waals surface area contributed by atoms with Gasteiger partial charge in [-0.05, 0) is 36.5 Å². The maximum absolute atomic E-state index is 10.7. The van der Waals surface area contributed by atoms with Crippen LogP contribution < -0.4 is 4.74 Å². The van der Waals surface area contributed by atoms with E-state index in [0.29, 0.717) is 23.3 Å². The SMILES string of the molecule is O=C(O)/C=C(/COc1ccccc1Cl)C1CC1. The highest BCUT2D eigenvalue weighted by atomic mass is 35.5. The maximum atomic E-state index is 10.7. The molecule has 1 saturated carbocycles. The predicted molar refractivity (Wildman–Crippen MR) is 65.4 cm³/mol. The number of carboxylic acids is 1. The topological polar surface area (TPSA) is 46.5 Å². The van der Waals surface area contributed by atoms with E-state index in [0.717, 1.165) is 18.4 Å². The number of aliphatic carboxylic acids is 1. The van der Waals surface area contributed by atoms with Gasteiger partial charge in [-0.15, -0.1) is 0 Å². The van der Waals surface area contributed by atoms with Crippen LogP contribution >= 0.6 is 11.6 Å². The van der Waals surface area contributed by atoms with E-state index in [1.165, 1.54) is 6.08 Å². The van der Waals surface area contributed by atoms with Crippen LogP contribution in [-0.4, -0.2) is 17.7 Å². The Bertz CT molecular complexity index is 450. The highest BCUT2D eigenvalue weighted by molar-refractivity contribution is 6.32. The first kappa shape index (κ1) is 12.0. The Hall–Kier alpha value is -1.48. The largest absolute Gasteiger partial charge is 0.488 e. The number of benzene rings is 1. The molecular weight excluding hydrogens is 240 g/mol. The number of halogens is 1. The molecular formula is C13H13ClO3. The van der Waals surface area contributed by atoms with Crippen LogP contribution in [0.2, 0.25) is 5.02 Å². The second-order valence-electron chi connectivity index (χ2n) is 4.05. The molecule has 0 unspecified atom stereocenters. The molecule has 1 aliphatic rings. The number of hydrogen-bond acceptors (Lipinski definition) is 2. The third kappa shape index (κ3) is 3.49. The Morgan fingerprint density at radius 1 is 1.47 bits per heavy atom. The monoisotopic (exact) mass is 252 g/mol. The van der Waals surface area contributed by atoms with Crippen LogP contribution in [-0.2, 0) is 4.79 Å². The minimum absolute atomic E-state index is 0.292. The lowest BCUT2D eigenvalue weighted by molar-refractivity contribution is -0.131. The van der Waals surface area contributed by atoms with Crippen molar-refractivity contribution in [3.05, 3.63) is 40.9 Å². The lowest BCUT2D eigenvalue weighted by Crippen LogP contribution is -2.05. The summed E-state index contributed by atoms with van der Waals surface area (Å²) in [5.74, 6) is 0.0364. The summed E-state index contributed by atoms with van der Waals surface area (Å²) >= 11 is 5.95. The van der Waals surface area contributed by atoms with Crippen molar-refractivity contribution < 1.29 is 14.6 Å². The van der Waals surface area contributed by atoms with Gasteiger partial charge in [0.2, 0.25) is 0 Å². The Balaban J connectivity index is 2.01. The summed E-state index contributed by atoms with van der Waals surface area (Å²) in [4.78, 5) is 10.7. The number of hydrogen-bond donors (Lipinski definition) is 1. The second kappa shape index (κ2) is 5.23. The van der Waals surface area contributed by atoms with Crippen LogP contribution in [0.15, 0.2) is 35.9 Å². The van der Waals surface area contributed by atoms with E-state index in [9.17, 15) is 4.79 Å². The fourth-order valence-corrected chi connectivity index (χ4v) is 1.80. The van der Waals surface area contributed by atoms with Crippen molar-refractivity contribution in [2.75, 3.05) is 6.61 Å². The van der Waals surface area contributed by atoms with Crippen LogP contribution in [0, 0.1) is 5.92 Å². The van der Waals surface area contributed by atoms with Gasteiger partial charge in [0.15, 0.2) is 0 Å². The van der Waals surface area contributed by atoms with E-state index in [-0.39, 0.29) is 0 Å². The van der Waals surface area contributed by atoms with Crippen molar-refractivity contribution in [1.29, 1.82) is 0 Å². The summed E-state index contributed by atoms with van der Waals surface area (Å²) in [6.45, 7) is 0.292. The number of carbonyl (C=O) groups is 1.